The van der Waals surface area contributed by atoms with Crippen molar-refractivity contribution < 1.29 is 13.9 Å². The Morgan fingerprint density at radius 2 is 2.30 bits per heavy atom. The molecule has 2 heterocycles. The Morgan fingerprint density at radius 3 is 3.05 bits per heavy atom. The van der Waals surface area contributed by atoms with Crippen LogP contribution in [0, 0.1) is 5.82 Å². The fourth-order valence-corrected chi connectivity index (χ4v) is 2.63. The minimum absolute atomic E-state index is 0. The number of carbonyl (C=O) groups excluding carboxylic acids is 1. The van der Waals surface area contributed by atoms with E-state index in [-0.39, 0.29) is 29.8 Å². The van der Waals surface area contributed by atoms with E-state index in [1.165, 1.54) is 0 Å². The summed E-state index contributed by atoms with van der Waals surface area (Å²) in [6.07, 6.45) is 1.82. The number of amides is 1. The molecule has 20 heavy (non-hydrogen) atoms. The molecule has 4 nitrogen and oxygen atoms in total. The molecule has 1 saturated heterocycles. The van der Waals surface area contributed by atoms with Crippen LogP contribution in [0.1, 0.15) is 24.0 Å². The lowest BCUT2D eigenvalue weighted by molar-refractivity contribution is -0.124. The Labute approximate surface area is 123 Å². The zero-order chi connectivity index (χ0) is 13.2. The van der Waals surface area contributed by atoms with Crippen LogP contribution in [0.2, 0.25) is 0 Å². The van der Waals surface area contributed by atoms with E-state index in [9.17, 15) is 9.18 Å². The highest BCUT2D eigenvalue weighted by Gasteiger charge is 2.25. The molecule has 0 bridgehead atoms. The average Bonchev–Trinajstić information content (AvgIpc) is 2.96. The van der Waals surface area contributed by atoms with E-state index in [0.717, 1.165) is 18.5 Å². The molecule has 0 spiro atoms. The molecule has 2 aliphatic heterocycles. The third-order valence-electron chi connectivity index (χ3n) is 3.69. The van der Waals surface area contributed by atoms with Gasteiger partial charge in [-0.1, -0.05) is 6.07 Å². The topological polar surface area (TPSA) is 50.4 Å². The predicted octanol–water partition coefficient (Wildman–Crippen LogP) is 2.01. The molecular weight excluding hydrogens is 283 g/mol. The van der Waals surface area contributed by atoms with Crippen molar-refractivity contribution >= 4 is 24.0 Å². The molecule has 110 valence electrons. The molecular formula is C14H18ClFN2O2. The van der Waals surface area contributed by atoms with Gasteiger partial charge >= 0.3 is 0 Å². The van der Waals surface area contributed by atoms with E-state index in [1.807, 2.05) is 6.07 Å². The van der Waals surface area contributed by atoms with E-state index < -0.39 is 6.10 Å². The maximum atomic E-state index is 14.3. The Hall–Kier alpha value is -1.17. The van der Waals surface area contributed by atoms with Gasteiger partial charge in [0.05, 0.1) is 5.69 Å². The molecule has 1 fully saturated rings. The van der Waals surface area contributed by atoms with Gasteiger partial charge in [-0.2, -0.15) is 0 Å². The Kier molecular flexibility index (Phi) is 4.96. The van der Waals surface area contributed by atoms with E-state index in [0.29, 0.717) is 31.6 Å². The number of nitrogens with one attached hydrogen (secondary N) is 2. The number of fused-ring (bicyclic) bond motifs is 1. The lowest BCUT2D eigenvalue weighted by Gasteiger charge is -2.20. The summed E-state index contributed by atoms with van der Waals surface area (Å²) < 4.78 is 19.6. The van der Waals surface area contributed by atoms with Gasteiger partial charge in [-0.05, 0) is 43.0 Å². The first kappa shape index (κ1) is 15.2. The first-order chi connectivity index (χ1) is 9.25. The summed E-state index contributed by atoms with van der Waals surface area (Å²) in [5.74, 6) is -0.546. The summed E-state index contributed by atoms with van der Waals surface area (Å²) in [6.45, 7) is 2.07. The summed E-state index contributed by atoms with van der Waals surface area (Å²) in [4.78, 5) is 11.9. The maximum Gasteiger partial charge on any atom is 0.253 e. The van der Waals surface area contributed by atoms with Crippen LogP contribution >= 0.6 is 12.4 Å². The number of halogens is 2. The summed E-state index contributed by atoms with van der Waals surface area (Å²) in [6, 6.07) is 3.50. The standard InChI is InChI=1S/C14H17FN2O2.ClH/c15-13-10-5-6-16-8-9(10)3-4-11(13)17-14(18)12-2-1-7-19-12;/h3-4,12,16H,1-2,5-8H2,(H,17,18);1H. The summed E-state index contributed by atoms with van der Waals surface area (Å²) in [7, 11) is 0. The molecule has 2 N–H and O–H groups in total. The first-order valence-electron chi connectivity index (χ1n) is 6.69. The number of rotatable bonds is 2. The van der Waals surface area contributed by atoms with Gasteiger partial charge < -0.3 is 15.4 Å². The fraction of sp³-hybridized carbons (Fsp3) is 0.500. The second-order valence-electron chi connectivity index (χ2n) is 4.98. The quantitative estimate of drug-likeness (QED) is 0.878. The van der Waals surface area contributed by atoms with Crippen molar-refractivity contribution in [2.75, 3.05) is 18.5 Å². The van der Waals surface area contributed by atoms with Crippen molar-refractivity contribution in [1.82, 2.24) is 5.32 Å². The van der Waals surface area contributed by atoms with Crippen LogP contribution in [0.3, 0.4) is 0 Å². The zero-order valence-electron chi connectivity index (χ0n) is 11.1. The van der Waals surface area contributed by atoms with Crippen LogP contribution < -0.4 is 10.6 Å². The molecule has 2 aliphatic rings. The van der Waals surface area contributed by atoms with Crippen molar-refractivity contribution in [2.24, 2.45) is 0 Å². The van der Waals surface area contributed by atoms with E-state index in [2.05, 4.69) is 10.6 Å². The summed E-state index contributed by atoms with van der Waals surface area (Å²) in [5.41, 5.74) is 1.95. The van der Waals surface area contributed by atoms with Gasteiger partial charge in [0.2, 0.25) is 0 Å². The van der Waals surface area contributed by atoms with Crippen molar-refractivity contribution in [3.8, 4) is 0 Å². The third kappa shape index (κ3) is 2.95. The Balaban J connectivity index is 0.00000147. The van der Waals surface area contributed by atoms with Crippen molar-refractivity contribution in [1.29, 1.82) is 0 Å². The normalized spacial score (nSPS) is 20.9. The van der Waals surface area contributed by atoms with Crippen LogP contribution in [0.5, 0.6) is 0 Å². The van der Waals surface area contributed by atoms with Crippen LogP contribution in [-0.4, -0.2) is 25.2 Å². The lowest BCUT2D eigenvalue weighted by atomic mass is 9.99. The van der Waals surface area contributed by atoms with Crippen LogP contribution in [0.25, 0.3) is 0 Å². The van der Waals surface area contributed by atoms with Crippen LogP contribution in [0.4, 0.5) is 10.1 Å². The molecule has 1 aromatic rings. The molecule has 1 atom stereocenters. The minimum Gasteiger partial charge on any atom is -0.368 e. The highest BCUT2D eigenvalue weighted by atomic mass is 35.5. The molecule has 0 aromatic heterocycles. The number of benzene rings is 1. The molecule has 1 unspecified atom stereocenters. The predicted molar refractivity (Wildman–Crippen MR) is 76.7 cm³/mol. The zero-order valence-corrected chi connectivity index (χ0v) is 11.9. The highest BCUT2D eigenvalue weighted by molar-refractivity contribution is 5.94. The number of ether oxygens (including phenoxy) is 1. The largest absolute Gasteiger partial charge is 0.368 e. The Morgan fingerprint density at radius 1 is 1.45 bits per heavy atom. The van der Waals surface area contributed by atoms with Gasteiger partial charge in [0.1, 0.15) is 11.9 Å². The monoisotopic (exact) mass is 300 g/mol. The van der Waals surface area contributed by atoms with Gasteiger partial charge in [-0.15, -0.1) is 12.4 Å². The van der Waals surface area contributed by atoms with E-state index >= 15 is 0 Å². The van der Waals surface area contributed by atoms with Crippen LogP contribution in [0.15, 0.2) is 12.1 Å². The van der Waals surface area contributed by atoms with Gasteiger partial charge in [0.25, 0.3) is 5.91 Å². The van der Waals surface area contributed by atoms with Crippen LogP contribution in [-0.2, 0) is 22.5 Å². The van der Waals surface area contributed by atoms with Gasteiger partial charge in [-0.3, -0.25) is 4.79 Å². The van der Waals surface area contributed by atoms with E-state index in [1.54, 1.807) is 6.07 Å². The summed E-state index contributed by atoms with van der Waals surface area (Å²) >= 11 is 0. The third-order valence-corrected chi connectivity index (χ3v) is 3.69. The molecule has 6 heteroatoms. The molecule has 0 aliphatic carbocycles. The summed E-state index contributed by atoms with van der Waals surface area (Å²) in [5, 5.41) is 5.84. The number of hydrogen-bond donors (Lipinski definition) is 2. The number of hydrogen-bond acceptors (Lipinski definition) is 3. The highest BCUT2D eigenvalue weighted by Crippen LogP contribution is 2.25. The van der Waals surface area contributed by atoms with Gasteiger partial charge in [0, 0.05) is 13.2 Å². The second-order valence-corrected chi connectivity index (χ2v) is 4.98. The van der Waals surface area contributed by atoms with Crippen molar-refractivity contribution in [3.63, 3.8) is 0 Å². The Bertz CT molecular complexity index is 504. The fourth-order valence-electron chi connectivity index (χ4n) is 2.63. The van der Waals surface area contributed by atoms with E-state index in [4.69, 9.17) is 4.74 Å². The lowest BCUT2D eigenvalue weighted by Crippen LogP contribution is -2.28. The first-order valence-corrected chi connectivity index (χ1v) is 6.69. The number of anilines is 1. The van der Waals surface area contributed by atoms with Gasteiger partial charge in [-0.25, -0.2) is 4.39 Å². The van der Waals surface area contributed by atoms with Crippen molar-refractivity contribution in [3.05, 3.63) is 29.1 Å². The smallest absolute Gasteiger partial charge is 0.253 e. The number of carbonyl (C=O) groups is 1. The molecule has 1 amide bonds. The molecule has 0 radical (unpaired) electrons. The minimum atomic E-state index is -0.433. The van der Waals surface area contributed by atoms with Gasteiger partial charge in [0.15, 0.2) is 0 Å². The second kappa shape index (κ2) is 6.52. The average molecular weight is 301 g/mol. The SMILES string of the molecule is Cl.O=C(Nc1ccc2c(c1F)CCNC2)C1CCCO1. The molecule has 3 rings (SSSR count). The van der Waals surface area contributed by atoms with Crippen molar-refractivity contribution in [2.45, 2.75) is 31.9 Å². The maximum absolute atomic E-state index is 14.3. The molecule has 0 saturated carbocycles. The molecule has 1 aromatic carbocycles.